The average molecular weight is 482 g/mol. The fraction of sp³-hybridized carbons (Fsp3) is 0.360. The largest absolute Gasteiger partial charge is 0.469 e. The van der Waals surface area contributed by atoms with Crippen LogP contribution >= 0.6 is 10.0 Å². The summed E-state index contributed by atoms with van der Waals surface area (Å²) in [5.41, 5.74) is 3.44. The standard InChI is InChI=1S/C25H31N5O3S/c1-32-23(31)14-22(19-8-6-5-7-9-19)30-16-20(15-28-30)24-21-10-11-29(25(21)27-17-26-24)18-33-12-13-34(2,3)4/h5-11,15-17,22H,12-14,18H2,1-4H3. The third-order valence-electron chi connectivity index (χ3n) is 5.59. The number of ether oxygens (including phenoxy) is 2. The minimum absolute atomic E-state index is 0.185. The number of hydrogen-bond donors (Lipinski definition) is 0. The van der Waals surface area contributed by atoms with Crippen molar-refractivity contribution in [1.82, 2.24) is 24.3 Å². The van der Waals surface area contributed by atoms with Gasteiger partial charge in [-0.2, -0.15) is 5.10 Å². The van der Waals surface area contributed by atoms with Gasteiger partial charge in [-0.3, -0.25) is 9.48 Å². The van der Waals surface area contributed by atoms with Gasteiger partial charge in [0.05, 0.1) is 38.1 Å². The molecule has 0 bridgehead atoms. The van der Waals surface area contributed by atoms with Gasteiger partial charge in [-0.25, -0.2) is 20.0 Å². The van der Waals surface area contributed by atoms with Crippen molar-refractivity contribution in [3.05, 3.63) is 66.9 Å². The first-order valence-corrected chi connectivity index (χ1v) is 14.1. The number of carbonyl (C=O) groups excluding carboxylic acids is 1. The summed E-state index contributed by atoms with van der Waals surface area (Å²) in [5.74, 6) is 0.778. The lowest BCUT2D eigenvalue weighted by Gasteiger charge is -2.24. The van der Waals surface area contributed by atoms with Crippen molar-refractivity contribution in [2.75, 3.05) is 38.2 Å². The third kappa shape index (κ3) is 5.66. The Morgan fingerprint density at radius 1 is 1.12 bits per heavy atom. The molecule has 0 spiro atoms. The second kappa shape index (κ2) is 10.4. The van der Waals surface area contributed by atoms with Crippen molar-refractivity contribution in [3.8, 4) is 11.3 Å². The molecule has 1 unspecified atom stereocenters. The van der Waals surface area contributed by atoms with E-state index in [0.717, 1.165) is 40.2 Å². The van der Waals surface area contributed by atoms with Crippen molar-refractivity contribution >= 4 is 27.0 Å². The second-order valence-corrected chi connectivity index (χ2v) is 13.6. The predicted octanol–water partition coefficient (Wildman–Crippen LogP) is 4.12. The molecule has 0 N–H and O–H groups in total. The van der Waals surface area contributed by atoms with Gasteiger partial charge in [0, 0.05) is 29.1 Å². The number of carbonyl (C=O) groups is 1. The van der Waals surface area contributed by atoms with Crippen molar-refractivity contribution < 1.29 is 14.3 Å². The summed E-state index contributed by atoms with van der Waals surface area (Å²) >= 11 is 0. The van der Waals surface area contributed by atoms with Crippen LogP contribution in [0, 0.1) is 0 Å². The maximum absolute atomic E-state index is 12.1. The van der Waals surface area contributed by atoms with Gasteiger partial charge < -0.3 is 14.0 Å². The van der Waals surface area contributed by atoms with Crippen LogP contribution in [0.4, 0.5) is 0 Å². The van der Waals surface area contributed by atoms with Crippen molar-refractivity contribution in [2.45, 2.75) is 19.2 Å². The molecule has 0 saturated heterocycles. The second-order valence-electron chi connectivity index (χ2n) is 8.99. The molecule has 34 heavy (non-hydrogen) atoms. The van der Waals surface area contributed by atoms with E-state index in [4.69, 9.17) is 9.47 Å². The minimum atomic E-state index is -0.583. The number of aromatic nitrogens is 5. The molecule has 3 aromatic heterocycles. The van der Waals surface area contributed by atoms with Gasteiger partial charge in [0.2, 0.25) is 0 Å². The van der Waals surface area contributed by atoms with Crippen LogP contribution < -0.4 is 0 Å². The Labute approximate surface area is 201 Å². The summed E-state index contributed by atoms with van der Waals surface area (Å²) in [6, 6.07) is 11.5. The third-order valence-corrected chi connectivity index (χ3v) is 6.98. The molecular weight excluding hydrogens is 450 g/mol. The highest BCUT2D eigenvalue weighted by molar-refractivity contribution is 8.32. The molecule has 8 nitrogen and oxygen atoms in total. The van der Waals surface area contributed by atoms with Crippen LogP contribution in [0.25, 0.3) is 22.3 Å². The normalized spacial score (nSPS) is 13.2. The fourth-order valence-corrected chi connectivity index (χ4v) is 4.34. The summed E-state index contributed by atoms with van der Waals surface area (Å²) in [6.45, 7) is 1.17. The van der Waals surface area contributed by atoms with E-state index in [1.807, 2.05) is 53.4 Å². The fourth-order valence-electron chi connectivity index (χ4n) is 3.72. The number of fused-ring (bicyclic) bond motifs is 1. The Kier molecular flexibility index (Phi) is 7.33. The molecule has 0 fully saturated rings. The van der Waals surface area contributed by atoms with Crippen LogP contribution in [-0.2, 0) is 21.0 Å². The van der Waals surface area contributed by atoms with E-state index in [1.165, 1.54) is 7.11 Å². The molecule has 0 aliphatic carbocycles. The van der Waals surface area contributed by atoms with Gasteiger partial charge in [0.15, 0.2) is 0 Å². The lowest BCUT2D eigenvalue weighted by Crippen LogP contribution is -2.16. The topological polar surface area (TPSA) is 84.1 Å². The van der Waals surface area contributed by atoms with Crippen molar-refractivity contribution in [1.29, 1.82) is 0 Å². The molecular formula is C25H31N5O3S. The Morgan fingerprint density at radius 3 is 2.65 bits per heavy atom. The highest BCUT2D eigenvalue weighted by atomic mass is 32.3. The van der Waals surface area contributed by atoms with E-state index < -0.39 is 10.0 Å². The molecule has 1 atom stereocenters. The Morgan fingerprint density at radius 2 is 1.91 bits per heavy atom. The van der Waals surface area contributed by atoms with Gasteiger partial charge in [-0.05, 0) is 30.4 Å². The number of benzene rings is 1. The van der Waals surface area contributed by atoms with Gasteiger partial charge in [-0.1, -0.05) is 30.3 Å². The van der Waals surface area contributed by atoms with Gasteiger partial charge in [0.25, 0.3) is 0 Å². The van der Waals surface area contributed by atoms with Crippen LogP contribution in [-0.4, -0.2) is 68.5 Å². The van der Waals surface area contributed by atoms with Crippen LogP contribution in [0.1, 0.15) is 18.0 Å². The monoisotopic (exact) mass is 481 g/mol. The predicted molar refractivity (Wildman–Crippen MR) is 136 cm³/mol. The van der Waals surface area contributed by atoms with E-state index in [-0.39, 0.29) is 18.4 Å². The van der Waals surface area contributed by atoms with Crippen LogP contribution in [0.15, 0.2) is 61.3 Å². The highest BCUT2D eigenvalue weighted by Gasteiger charge is 2.21. The molecule has 3 heterocycles. The highest BCUT2D eigenvalue weighted by Crippen LogP contribution is 2.33. The van der Waals surface area contributed by atoms with Crippen molar-refractivity contribution in [2.24, 2.45) is 0 Å². The molecule has 0 aliphatic rings. The zero-order chi connectivity index (χ0) is 24.1. The molecule has 0 amide bonds. The number of esters is 1. The molecule has 0 saturated carbocycles. The van der Waals surface area contributed by atoms with Crippen LogP contribution in [0.5, 0.6) is 0 Å². The summed E-state index contributed by atoms with van der Waals surface area (Å²) < 4.78 is 14.6. The maximum atomic E-state index is 12.1. The molecule has 4 rings (SSSR count). The SMILES string of the molecule is COC(=O)CC(c1ccccc1)n1cc(-c2ncnc3c2ccn3COCCS(C)(C)C)cn1. The average Bonchev–Trinajstić information content (AvgIpc) is 3.47. The molecule has 0 radical (unpaired) electrons. The first-order chi connectivity index (χ1) is 16.4. The zero-order valence-corrected chi connectivity index (χ0v) is 20.9. The van der Waals surface area contributed by atoms with E-state index in [9.17, 15) is 4.79 Å². The quantitative estimate of drug-likeness (QED) is 0.250. The first kappa shape index (κ1) is 24.0. The zero-order valence-electron chi connectivity index (χ0n) is 20.0. The summed E-state index contributed by atoms with van der Waals surface area (Å²) in [6.07, 6.45) is 14.3. The molecule has 0 aliphatic heterocycles. The van der Waals surface area contributed by atoms with Crippen LogP contribution in [0.2, 0.25) is 0 Å². The number of rotatable bonds is 10. The van der Waals surface area contributed by atoms with E-state index in [0.29, 0.717) is 6.73 Å². The van der Waals surface area contributed by atoms with E-state index in [1.54, 1.807) is 17.2 Å². The summed E-state index contributed by atoms with van der Waals surface area (Å²) in [7, 11) is 0.815. The Balaban J connectivity index is 1.59. The number of hydrogen-bond acceptors (Lipinski definition) is 6. The molecule has 1 aromatic carbocycles. The Bertz CT molecular complexity index is 1250. The van der Waals surface area contributed by atoms with Gasteiger partial charge >= 0.3 is 5.97 Å². The summed E-state index contributed by atoms with van der Waals surface area (Å²) in [4.78, 5) is 21.1. The Hall–Kier alpha value is -3.17. The lowest BCUT2D eigenvalue weighted by molar-refractivity contribution is -0.141. The lowest BCUT2D eigenvalue weighted by atomic mass is 10.0. The molecule has 180 valence electrons. The minimum Gasteiger partial charge on any atom is -0.469 e. The van der Waals surface area contributed by atoms with Gasteiger partial charge in [0.1, 0.15) is 18.7 Å². The molecule has 4 aromatic rings. The number of nitrogens with zero attached hydrogens (tertiary/aromatic N) is 5. The van der Waals surface area contributed by atoms with Crippen molar-refractivity contribution in [3.63, 3.8) is 0 Å². The summed E-state index contributed by atoms with van der Waals surface area (Å²) in [5, 5.41) is 5.50. The first-order valence-electron chi connectivity index (χ1n) is 11.1. The van der Waals surface area contributed by atoms with Gasteiger partial charge in [-0.15, -0.1) is 0 Å². The van der Waals surface area contributed by atoms with E-state index in [2.05, 4.69) is 33.8 Å². The molecule has 9 heteroatoms. The van der Waals surface area contributed by atoms with E-state index >= 15 is 0 Å². The maximum Gasteiger partial charge on any atom is 0.308 e. The van der Waals surface area contributed by atoms with Crippen LogP contribution in [0.3, 0.4) is 0 Å². The smallest absolute Gasteiger partial charge is 0.308 e. The number of methoxy groups -OCH3 is 1.